The average molecular weight is 370 g/mol. The van der Waals surface area contributed by atoms with E-state index in [1.807, 2.05) is 37.3 Å². The molecule has 132 valence electrons. The van der Waals surface area contributed by atoms with Gasteiger partial charge < -0.3 is 5.32 Å². The molecule has 2 heterocycles. The van der Waals surface area contributed by atoms with Crippen molar-refractivity contribution in [2.45, 2.75) is 19.4 Å². The molecule has 0 saturated heterocycles. The van der Waals surface area contributed by atoms with Crippen molar-refractivity contribution in [1.82, 2.24) is 0 Å². The number of hydrogen-bond acceptors (Lipinski definition) is 5. The van der Waals surface area contributed by atoms with Gasteiger partial charge in [0, 0.05) is 10.7 Å². The SMILES string of the molecule is Cc1ccc(Cl)cc1NC(=O)[C@H]1CC(=O)N=C2N(N)c3ccccc3N21. The molecule has 8 heteroatoms. The third-order valence-electron chi connectivity index (χ3n) is 4.50. The summed E-state index contributed by atoms with van der Waals surface area (Å²) in [5, 5.41) is 4.72. The molecule has 7 nitrogen and oxygen atoms in total. The van der Waals surface area contributed by atoms with Gasteiger partial charge in [-0.3, -0.25) is 14.5 Å². The third-order valence-corrected chi connectivity index (χ3v) is 4.73. The predicted octanol–water partition coefficient (Wildman–Crippen LogP) is 2.44. The molecule has 2 aromatic carbocycles. The smallest absolute Gasteiger partial charge is 0.251 e. The van der Waals surface area contributed by atoms with Gasteiger partial charge in [-0.25, -0.2) is 10.9 Å². The number of carbonyl (C=O) groups is 2. The highest BCUT2D eigenvalue weighted by Crippen LogP contribution is 2.39. The zero-order valence-electron chi connectivity index (χ0n) is 13.9. The summed E-state index contributed by atoms with van der Waals surface area (Å²) >= 11 is 6.03. The van der Waals surface area contributed by atoms with Crippen molar-refractivity contribution >= 4 is 46.4 Å². The van der Waals surface area contributed by atoms with Crippen LogP contribution in [0.2, 0.25) is 5.02 Å². The number of nitrogens with two attached hydrogens (primary N) is 1. The number of rotatable bonds is 2. The molecule has 4 rings (SSSR count). The van der Waals surface area contributed by atoms with Crippen LogP contribution < -0.4 is 21.1 Å². The second-order valence-electron chi connectivity index (χ2n) is 6.20. The summed E-state index contributed by atoms with van der Waals surface area (Å²) < 4.78 is 0. The molecule has 0 spiro atoms. The lowest BCUT2D eigenvalue weighted by atomic mass is 10.1. The van der Waals surface area contributed by atoms with Crippen LogP contribution in [0.5, 0.6) is 0 Å². The van der Waals surface area contributed by atoms with Gasteiger partial charge in [0.1, 0.15) is 6.04 Å². The molecule has 0 radical (unpaired) electrons. The predicted molar refractivity (Wildman–Crippen MR) is 101 cm³/mol. The van der Waals surface area contributed by atoms with Crippen LogP contribution in [0.4, 0.5) is 17.1 Å². The minimum Gasteiger partial charge on any atom is -0.324 e. The van der Waals surface area contributed by atoms with Crippen molar-refractivity contribution in [2.24, 2.45) is 10.8 Å². The van der Waals surface area contributed by atoms with E-state index in [9.17, 15) is 9.59 Å². The number of hydrogen-bond donors (Lipinski definition) is 2. The van der Waals surface area contributed by atoms with Gasteiger partial charge in [-0.1, -0.05) is 29.8 Å². The van der Waals surface area contributed by atoms with Gasteiger partial charge in [0.05, 0.1) is 17.8 Å². The van der Waals surface area contributed by atoms with E-state index in [-0.39, 0.29) is 24.2 Å². The Kier molecular flexibility index (Phi) is 3.90. The summed E-state index contributed by atoms with van der Waals surface area (Å²) in [6, 6.07) is 11.9. The first-order valence-electron chi connectivity index (χ1n) is 8.07. The number of benzene rings is 2. The molecular formula is C18H16ClN5O2. The number of carbonyl (C=O) groups excluding carboxylic acids is 2. The second-order valence-corrected chi connectivity index (χ2v) is 6.64. The van der Waals surface area contributed by atoms with Crippen molar-refractivity contribution in [3.8, 4) is 0 Å². The minimum atomic E-state index is -0.747. The molecule has 0 aromatic heterocycles. The Balaban J connectivity index is 1.70. The molecule has 0 fully saturated rings. The van der Waals surface area contributed by atoms with E-state index in [1.54, 1.807) is 17.0 Å². The normalized spacial score (nSPS) is 18.3. The van der Waals surface area contributed by atoms with E-state index in [2.05, 4.69) is 10.3 Å². The Labute approximate surface area is 155 Å². The Morgan fingerprint density at radius 3 is 2.77 bits per heavy atom. The van der Waals surface area contributed by atoms with Crippen molar-refractivity contribution in [3.05, 3.63) is 53.1 Å². The molecular weight excluding hydrogens is 354 g/mol. The number of aliphatic imine (C=N–C) groups is 1. The second kappa shape index (κ2) is 6.12. The fourth-order valence-electron chi connectivity index (χ4n) is 3.19. The van der Waals surface area contributed by atoms with Gasteiger partial charge in [-0.15, -0.1) is 0 Å². The molecule has 2 aliphatic heterocycles. The highest BCUT2D eigenvalue weighted by atomic mass is 35.5. The van der Waals surface area contributed by atoms with Crippen molar-refractivity contribution in [3.63, 3.8) is 0 Å². The first-order valence-corrected chi connectivity index (χ1v) is 8.45. The van der Waals surface area contributed by atoms with Crippen LogP contribution in [0.3, 0.4) is 0 Å². The standard InChI is InChI=1S/C18H16ClN5O2/c1-10-6-7-11(19)8-12(10)21-17(26)15-9-16(25)22-18-23(15)13-4-2-3-5-14(13)24(18)20/h2-8,15H,9,20H2,1H3,(H,21,26)/t15-/m1/s1. The molecule has 0 unspecified atom stereocenters. The van der Waals surface area contributed by atoms with Gasteiger partial charge in [0.25, 0.3) is 5.91 Å². The Morgan fingerprint density at radius 1 is 1.27 bits per heavy atom. The molecule has 2 aliphatic rings. The number of halogens is 1. The average Bonchev–Trinajstić information content (AvgIpc) is 2.90. The van der Waals surface area contributed by atoms with Crippen LogP contribution in [0.1, 0.15) is 12.0 Å². The molecule has 0 bridgehead atoms. The van der Waals surface area contributed by atoms with Crippen molar-refractivity contribution in [1.29, 1.82) is 0 Å². The lowest BCUT2D eigenvalue weighted by Crippen LogP contribution is -2.55. The number of nitrogens with zero attached hydrogens (tertiary/aromatic N) is 3. The van der Waals surface area contributed by atoms with Crippen LogP contribution >= 0.6 is 11.6 Å². The van der Waals surface area contributed by atoms with E-state index >= 15 is 0 Å². The summed E-state index contributed by atoms with van der Waals surface area (Å²) in [6.07, 6.45) is -0.0306. The van der Waals surface area contributed by atoms with Gasteiger partial charge in [-0.05, 0) is 36.8 Å². The maximum Gasteiger partial charge on any atom is 0.251 e. The summed E-state index contributed by atoms with van der Waals surface area (Å²) in [4.78, 5) is 30.8. The molecule has 1 atom stereocenters. The Morgan fingerprint density at radius 2 is 2.00 bits per heavy atom. The Bertz CT molecular complexity index is 958. The third kappa shape index (κ3) is 2.61. The first kappa shape index (κ1) is 16.6. The number of anilines is 3. The number of nitrogens with one attached hydrogen (secondary N) is 1. The molecule has 0 saturated carbocycles. The van der Waals surface area contributed by atoms with Crippen LogP contribution in [0.15, 0.2) is 47.5 Å². The van der Waals surface area contributed by atoms with Crippen LogP contribution in [-0.4, -0.2) is 23.8 Å². The topological polar surface area (TPSA) is 91.0 Å². The molecule has 0 aliphatic carbocycles. The number of hydrazine groups is 1. The number of guanidine groups is 1. The lowest BCUT2D eigenvalue weighted by Gasteiger charge is -2.31. The van der Waals surface area contributed by atoms with Gasteiger partial charge in [-0.2, -0.15) is 4.99 Å². The van der Waals surface area contributed by atoms with E-state index in [0.29, 0.717) is 16.4 Å². The number of aryl methyl sites for hydroxylation is 1. The number of fused-ring (bicyclic) bond motifs is 3. The fourth-order valence-corrected chi connectivity index (χ4v) is 3.36. The summed E-state index contributed by atoms with van der Waals surface area (Å²) in [6.45, 7) is 1.87. The fraction of sp³-hybridized carbons (Fsp3) is 0.167. The Hall–Kier alpha value is -2.90. The summed E-state index contributed by atoms with van der Waals surface area (Å²) in [7, 11) is 0. The summed E-state index contributed by atoms with van der Waals surface area (Å²) in [5.41, 5.74) is 2.92. The van der Waals surface area contributed by atoms with E-state index < -0.39 is 6.04 Å². The van der Waals surface area contributed by atoms with Gasteiger partial charge in [0.2, 0.25) is 11.9 Å². The van der Waals surface area contributed by atoms with Crippen LogP contribution in [0, 0.1) is 6.92 Å². The minimum absolute atomic E-state index is 0.0306. The largest absolute Gasteiger partial charge is 0.324 e. The highest BCUT2D eigenvalue weighted by molar-refractivity contribution is 6.31. The highest BCUT2D eigenvalue weighted by Gasteiger charge is 2.43. The molecule has 26 heavy (non-hydrogen) atoms. The molecule has 3 N–H and O–H groups in total. The van der Waals surface area contributed by atoms with Crippen molar-refractivity contribution in [2.75, 3.05) is 15.2 Å². The molecule has 2 amide bonds. The lowest BCUT2D eigenvalue weighted by molar-refractivity contribution is -0.123. The zero-order valence-corrected chi connectivity index (χ0v) is 14.7. The number of para-hydroxylation sites is 2. The zero-order chi connectivity index (χ0) is 18.4. The van der Waals surface area contributed by atoms with Crippen LogP contribution in [-0.2, 0) is 9.59 Å². The van der Waals surface area contributed by atoms with Crippen LogP contribution in [0.25, 0.3) is 0 Å². The maximum absolute atomic E-state index is 13.0. The number of amides is 2. The van der Waals surface area contributed by atoms with Gasteiger partial charge >= 0.3 is 0 Å². The van der Waals surface area contributed by atoms with Gasteiger partial charge in [0.15, 0.2) is 0 Å². The van der Waals surface area contributed by atoms with E-state index in [1.165, 1.54) is 5.01 Å². The van der Waals surface area contributed by atoms with Crippen molar-refractivity contribution < 1.29 is 9.59 Å². The first-order chi connectivity index (χ1) is 12.5. The van der Waals surface area contributed by atoms with E-state index in [4.69, 9.17) is 17.4 Å². The monoisotopic (exact) mass is 369 g/mol. The maximum atomic E-state index is 13.0. The molecule has 2 aromatic rings. The summed E-state index contributed by atoms with van der Waals surface area (Å²) in [5.74, 6) is 5.63. The van der Waals surface area contributed by atoms with E-state index in [0.717, 1.165) is 11.3 Å². The quantitative estimate of drug-likeness (QED) is 0.793.